The Kier molecular flexibility index (Phi) is 12.7. The lowest BCUT2D eigenvalue weighted by atomic mass is 9.43. The zero-order chi connectivity index (χ0) is 31.8. The fourth-order valence-corrected chi connectivity index (χ4v) is 7.33. The second-order valence-corrected chi connectivity index (χ2v) is 14.0. The summed E-state index contributed by atoms with van der Waals surface area (Å²) in [6, 6.07) is -0.784. The van der Waals surface area contributed by atoms with Crippen LogP contribution in [0.1, 0.15) is 119 Å². The van der Waals surface area contributed by atoms with Crippen molar-refractivity contribution in [3.05, 3.63) is 10.1 Å². The Morgan fingerprint density at radius 3 is 2.44 bits per heavy atom. The van der Waals surface area contributed by atoms with Gasteiger partial charge in [-0.15, -0.1) is 0 Å². The topological polar surface area (TPSA) is 170 Å². The van der Waals surface area contributed by atoms with Crippen molar-refractivity contribution in [1.82, 2.24) is 16.1 Å². The third-order valence-electron chi connectivity index (χ3n) is 9.90. The Balaban J connectivity index is 1.64. The summed E-state index contributed by atoms with van der Waals surface area (Å²) in [7, 11) is -0.562. The highest BCUT2D eigenvalue weighted by Gasteiger charge is 2.68. The minimum absolute atomic E-state index is 0.00441. The second-order valence-electron chi connectivity index (χ2n) is 14.0. The van der Waals surface area contributed by atoms with Crippen LogP contribution < -0.4 is 21.8 Å². The zero-order valence-electron chi connectivity index (χ0n) is 27.2. The predicted octanol–water partition coefficient (Wildman–Crippen LogP) is 3.90. The number of hydrogen-bond acceptors (Lipinski definition) is 7. The number of carbonyl (C=O) groups excluding carboxylic acids is 2. The highest BCUT2D eigenvalue weighted by Crippen LogP contribution is 2.65. The normalized spacial score (nSPS) is 27.2. The number of unbranched alkanes of at least 4 members (excludes halogenated alkanes) is 5. The Hall–Kier alpha value is -2.41. The van der Waals surface area contributed by atoms with Crippen LogP contribution in [0.25, 0.3) is 0 Å². The molecule has 3 aliphatic carbocycles. The molecule has 244 valence electrons. The third kappa shape index (κ3) is 9.29. The summed E-state index contributed by atoms with van der Waals surface area (Å²) in [5.74, 6) is 0.190. The summed E-state index contributed by atoms with van der Waals surface area (Å²) in [6.45, 7) is 13.4. The van der Waals surface area contributed by atoms with Gasteiger partial charge in [-0.1, -0.05) is 72.1 Å². The number of nitrogens with zero attached hydrogens (tertiary/aromatic N) is 2. The largest absolute Gasteiger partial charge is 0.481 e. The van der Waals surface area contributed by atoms with Gasteiger partial charge in [0.2, 0.25) is 11.8 Å². The fraction of sp³-hybridized carbons (Fsp3) is 0.900. The molecule has 1 heterocycles. The van der Waals surface area contributed by atoms with Crippen molar-refractivity contribution in [2.75, 3.05) is 6.54 Å². The van der Waals surface area contributed by atoms with Crippen molar-refractivity contribution in [1.29, 1.82) is 0 Å². The minimum Gasteiger partial charge on any atom is -0.404 e. The van der Waals surface area contributed by atoms with Crippen LogP contribution in [0.4, 0.5) is 0 Å². The van der Waals surface area contributed by atoms with E-state index >= 15 is 0 Å². The smallest absolute Gasteiger partial charge is 0.404 e. The molecule has 1 aliphatic heterocycles. The first-order chi connectivity index (χ1) is 20.3. The summed E-state index contributed by atoms with van der Waals surface area (Å²) >= 11 is 0. The molecule has 13 heteroatoms. The standard InChI is InChI=1S/C30H55BN6O6/c1-7-8-9-10-11-12-15-26(38)34-22(14-13-16-33-28(32)36-37(40)41)27(39)35-25(17-20(2)3)31-42-24-19-21-18-23(29(21,4)5)30(24,6)43-31/h20-25H,7-19H2,1-6H3,(H,34,38)(H,35,39)(H3,32,33,36)/t21-,22+,23-,24-,25+,30+/m1/s1. The number of hydrazine groups is 1. The Labute approximate surface area is 257 Å². The number of rotatable bonds is 18. The van der Waals surface area contributed by atoms with Gasteiger partial charge in [-0.25, -0.2) is 15.1 Å². The van der Waals surface area contributed by atoms with Gasteiger partial charge in [0.05, 0.1) is 17.6 Å². The molecular formula is C30H55BN6O6. The van der Waals surface area contributed by atoms with E-state index in [1.807, 2.05) is 5.43 Å². The van der Waals surface area contributed by atoms with Crippen molar-refractivity contribution in [2.45, 2.75) is 142 Å². The highest BCUT2D eigenvalue weighted by atomic mass is 16.7. The number of hydrogen-bond donors (Lipinski definition) is 4. The number of aliphatic imine (C=N–C) groups is 1. The van der Waals surface area contributed by atoms with E-state index in [2.05, 4.69) is 57.2 Å². The van der Waals surface area contributed by atoms with Gasteiger partial charge in [0.25, 0.3) is 5.96 Å². The molecule has 12 nitrogen and oxygen atoms in total. The van der Waals surface area contributed by atoms with Gasteiger partial charge in [0.15, 0.2) is 5.03 Å². The van der Waals surface area contributed by atoms with Gasteiger partial charge in [0, 0.05) is 13.0 Å². The lowest BCUT2D eigenvalue weighted by Crippen LogP contribution is -2.65. The predicted molar refractivity (Wildman–Crippen MR) is 167 cm³/mol. The molecule has 4 aliphatic rings. The van der Waals surface area contributed by atoms with E-state index in [-0.39, 0.29) is 53.3 Å². The Morgan fingerprint density at radius 1 is 1.09 bits per heavy atom. The van der Waals surface area contributed by atoms with E-state index in [9.17, 15) is 19.7 Å². The van der Waals surface area contributed by atoms with Gasteiger partial charge in [0.1, 0.15) is 6.04 Å². The van der Waals surface area contributed by atoms with Gasteiger partial charge >= 0.3 is 7.12 Å². The molecule has 2 amide bonds. The average Bonchev–Trinajstić information content (AvgIpc) is 3.28. The molecule has 4 rings (SSSR count). The summed E-state index contributed by atoms with van der Waals surface area (Å²) in [5, 5.41) is 15.9. The number of amides is 2. The van der Waals surface area contributed by atoms with Gasteiger partial charge < -0.3 is 25.7 Å². The van der Waals surface area contributed by atoms with Crippen LogP contribution in [0.15, 0.2) is 4.99 Å². The number of nitrogens with one attached hydrogen (secondary N) is 3. The molecule has 0 radical (unpaired) electrons. The van der Waals surface area contributed by atoms with Crippen LogP contribution in [-0.4, -0.2) is 60.2 Å². The molecule has 1 saturated heterocycles. The maximum atomic E-state index is 13.7. The zero-order valence-corrected chi connectivity index (χ0v) is 27.2. The van der Waals surface area contributed by atoms with Crippen molar-refractivity contribution in [2.24, 2.45) is 33.9 Å². The highest BCUT2D eigenvalue weighted by molar-refractivity contribution is 6.48. The molecule has 3 saturated carbocycles. The van der Waals surface area contributed by atoms with Crippen molar-refractivity contribution < 1.29 is 23.9 Å². The number of guanidine groups is 1. The van der Waals surface area contributed by atoms with Crippen LogP contribution in [0.3, 0.4) is 0 Å². The third-order valence-corrected chi connectivity index (χ3v) is 9.90. The molecule has 0 aromatic rings. The van der Waals surface area contributed by atoms with Gasteiger partial charge in [-0.2, -0.15) is 0 Å². The summed E-state index contributed by atoms with van der Waals surface area (Å²) in [6.07, 6.45) is 10.2. The van der Waals surface area contributed by atoms with E-state index in [0.29, 0.717) is 37.5 Å². The van der Waals surface area contributed by atoms with E-state index in [1.54, 1.807) is 0 Å². The SMILES string of the molecule is CCCCCCCCC(=O)N[C@@H](CCCN=C(N)N[N+](=O)[O-])C(=O)N[C@@H](CC(C)C)B1O[C@@H]2C[C@H]3C[C@H](C3(C)C)[C@]2(C)O1. The second kappa shape index (κ2) is 15.5. The first-order valence-corrected chi connectivity index (χ1v) is 16.4. The van der Waals surface area contributed by atoms with E-state index < -0.39 is 18.2 Å². The molecule has 0 aromatic heterocycles. The van der Waals surface area contributed by atoms with Gasteiger partial charge in [-0.3, -0.25) is 9.59 Å². The Morgan fingerprint density at radius 2 is 1.79 bits per heavy atom. The molecular weight excluding hydrogens is 551 g/mol. The van der Waals surface area contributed by atoms with Crippen LogP contribution in [0.2, 0.25) is 0 Å². The van der Waals surface area contributed by atoms with E-state index in [1.165, 1.54) is 19.3 Å². The van der Waals surface area contributed by atoms with Crippen molar-refractivity contribution in [3.63, 3.8) is 0 Å². The molecule has 0 unspecified atom stereocenters. The molecule has 43 heavy (non-hydrogen) atoms. The fourth-order valence-electron chi connectivity index (χ4n) is 7.33. The molecule has 4 fully saturated rings. The number of carbonyl (C=O) groups is 2. The maximum absolute atomic E-state index is 13.7. The van der Waals surface area contributed by atoms with Crippen molar-refractivity contribution >= 4 is 24.9 Å². The average molecular weight is 607 g/mol. The van der Waals surface area contributed by atoms with Crippen LogP contribution in [-0.2, 0) is 18.9 Å². The first kappa shape index (κ1) is 35.1. The summed E-state index contributed by atoms with van der Waals surface area (Å²) in [4.78, 5) is 41.1. The van der Waals surface area contributed by atoms with Crippen LogP contribution in [0, 0.1) is 33.3 Å². The quantitative estimate of drug-likeness (QED) is 0.0455. The molecule has 6 atom stereocenters. The van der Waals surface area contributed by atoms with E-state index in [0.717, 1.165) is 32.1 Å². The summed E-state index contributed by atoms with van der Waals surface area (Å²) < 4.78 is 13.2. The molecule has 2 bridgehead atoms. The molecule has 5 N–H and O–H groups in total. The maximum Gasteiger partial charge on any atom is 0.481 e. The number of nitrogens with two attached hydrogens (primary N) is 1. The Bertz CT molecular complexity index is 996. The van der Waals surface area contributed by atoms with E-state index in [4.69, 9.17) is 15.0 Å². The monoisotopic (exact) mass is 606 g/mol. The van der Waals surface area contributed by atoms with Crippen LogP contribution >= 0.6 is 0 Å². The van der Waals surface area contributed by atoms with Gasteiger partial charge in [-0.05, 0) is 68.6 Å². The minimum atomic E-state index is -0.784. The van der Waals surface area contributed by atoms with Crippen molar-refractivity contribution in [3.8, 4) is 0 Å². The lowest BCUT2D eigenvalue weighted by Gasteiger charge is -2.64. The first-order valence-electron chi connectivity index (χ1n) is 16.4. The molecule has 0 aromatic carbocycles. The number of nitro groups is 1. The summed E-state index contributed by atoms with van der Waals surface area (Å²) in [5.41, 5.74) is 7.16. The lowest BCUT2D eigenvalue weighted by molar-refractivity contribution is -0.525. The molecule has 0 spiro atoms. The van der Waals surface area contributed by atoms with Crippen LogP contribution in [0.5, 0.6) is 0 Å².